The number of nitrogens with one attached hydrogen (secondary N) is 1. The zero-order chi connectivity index (χ0) is 19.5. The molecule has 3 unspecified atom stereocenters. The smallest absolute Gasteiger partial charge is 0.243 e. The van der Waals surface area contributed by atoms with E-state index in [9.17, 15) is 13.2 Å². The van der Waals surface area contributed by atoms with Gasteiger partial charge in [-0.05, 0) is 43.0 Å². The molecule has 2 heterocycles. The van der Waals surface area contributed by atoms with Crippen LogP contribution in [0.15, 0.2) is 53.4 Å². The van der Waals surface area contributed by atoms with E-state index in [0.29, 0.717) is 30.8 Å². The highest BCUT2D eigenvalue weighted by atomic mass is 32.2. The summed E-state index contributed by atoms with van der Waals surface area (Å²) in [5, 5.41) is 3.56. The molecule has 2 aromatic carbocycles. The number of Topliss-reactive ketones (excluding diaryl/α,β-unsaturated/α-hetero) is 1. The molecule has 1 N–H and O–H groups in total. The molecule has 0 aromatic heterocycles. The van der Waals surface area contributed by atoms with Crippen LogP contribution in [0.2, 0.25) is 0 Å². The summed E-state index contributed by atoms with van der Waals surface area (Å²) in [7, 11) is -3.55. The first-order chi connectivity index (χ1) is 13.4. The minimum Gasteiger partial charge on any atom is -0.381 e. The normalized spacial score (nSPS) is 29.5. The van der Waals surface area contributed by atoms with Crippen LogP contribution in [0, 0.1) is 12.8 Å². The average Bonchev–Trinajstić information content (AvgIpc) is 2.99. The Morgan fingerprint density at radius 1 is 1.07 bits per heavy atom. The first-order valence-corrected chi connectivity index (χ1v) is 11.3. The van der Waals surface area contributed by atoms with Crippen molar-refractivity contribution in [2.75, 3.05) is 18.4 Å². The van der Waals surface area contributed by atoms with Crippen molar-refractivity contribution in [1.29, 1.82) is 0 Å². The molecule has 1 saturated carbocycles. The molecule has 2 aromatic rings. The molecule has 0 bridgehead atoms. The molecule has 1 saturated heterocycles. The van der Waals surface area contributed by atoms with E-state index >= 15 is 0 Å². The van der Waals surface area contributed by atoms with E-state index in [0.717, 1.165) is 17.7 Å². The Labute approximate surface area is 165 Å². The second-order valence-corrected chi connectivity index (χ2v) is 10.3. The number of carbonyl (C=O) groups excluding carboxylic acids is 1. The van der Waals surface area contributed by atoms with E-state index in [1.54, 1.807) is 16.4 Å². The lowest BCUT2D eigenvalue weighted by Crippen LogP contribution is -2.59. The fourth-order valence-corrected chi connectivity index (χ4v) is 6.98. The molecule has 5 rings (SSSR count). The number of hydrogen-bond donors (Lipinski definition) is 1. The molecular formula is C22H24N2O3S. The summed E-state index contributed by atoms with van der Waals surface area (Å²) in [5.41, 5.74) is 3.24. The van der Waals surface area contributed by atoms with Gasteiger partial charge in [0.25, 0.3) is 0 Å². The fourth-order valence-electron chi connectivity index (χ4n) is 5.49. The van der Waals surface area contributed by atoms with Gasteiger partial charge in [-0.15, -0.1) is 0 Å². The first kappa shape index (κ1) is 17.9. The van der Waals surface area contributed by atoms with E-state index in [2.05, 4.69) is 17.4 Å². The highest BCUT2D eigenvalue weighted by Gasteiger charge is 2.58. The van der Waals surface area contributed by atoms with Crippen LogP contribution < -0.4 is 5.32 Å². The molecule has 0 radical (unpaired) electrons. The van der Waals surface area contributed by atoms with Crippen molar-refractivity contribution in [1.82, 2.24) is 4.31 Å². The third kappa shape index (κ3) is 2.47. The Balaban J connectivity index is 1.52. The standard InChI is InChI=1S/C22H24N2O3S/c1-15-6-8-18(9-7-15)28(26,27)24-11-10-22-16(14-24)12-17(25)13-21(22)23-20-5-3-2-4-19(20)22/h2-9,16,21,23H,10-14H2,1H3. The van der Waals surface area contributed by atoms with Crippen LogP contribution in [0.1, 0.15) is 30.4 Å². The van der Waals surface area contributed by atoms with Gasteiger partial charge in [-0.1, -0.05) is 35.9 Å². The van der Waals surface area contributed by atoms with E-state index < -0.39 is 10.0 Å². The number of carbonyl (C=O) groups is 1. The lowest BCUT2D eigenvalue weighted by Gasteiger charge is -2.51. The van der Waals surface area contributed by atoms with Gasteiger partial charge < -0.3 is 5.32 Å². The van der Waals surface area contributed by atoms with Crippen molar-refractivity contribution >= 4 is 21.5 Å². The average molecular weight is 397 g/mol. The molecule has 146 valence electrons. The van der Waals surface area contributed by atoms with Crippen LogP contribution in [0.25, 0.3) is 0 Å². The van der Waals surface area contributed by atoms with Crippen molar-refractivity contribution in [2.24, 2.45) is 5.92 Å². The van der Waals surface area contributed by atoms with Crippen molar-refractivity contribution in [3.8, 4) is 0 Å². The number of piperidine rings is 1. The second-order valence-electron chi connectivity index (χ2n) is 8.35. The maximum absolute atomic E-state index is 13.2. The zero-order valence-electron chi connectivity index (χ0n) is 15.9. The van der Waals surface area contributed by atoms with Gasteiger partial charge in [0.05, 0.1) is 4.90 Å². The number of hydrogen-bond acceptors (Lipinski definition) is 4. The van der Waals surface area contributed by atoms with Crippen LogP contribution in [0.4, 0.5) is 5.69 Å². The van der Waals surface area contributed by atoms with E-state index in [1.807, 2.05) is 31.2 Å². The fraction of sp³-hybridized carbons (Fsp3) is 0.409. The molecule has 2 aliphatic heterocycles. The Morgan fingerprint density at radius 3 is 2.61 bits per heavy atom. The van der Waals surface area contributed by atoms with Gasteiger partial charge in [0, 0.05) is 43.1 Å². The lowest BCUT2D eigenvalue weighted by molar-refractivity contribution is -0.124. The highest BCUT2D eigenvalue weighted by molar-refractivity contribution is 7.89. The van der Waals surface area contributed by atoms with Gasteiger partial charge in [0.1, 0.15) is 5.78 Å². The third-order valence-corrected chi connectivity index (χ3v) is 8.75. The van der Waals surface area contributed by atoms with E-state index in [-0.39, 0.29) is 23.2 Å². The van der Waals surface area contributed by atoms with E-state index in [4.69, 9.17) is 0 Å². The summed E-state index contributed by atoms with van der Waals surface area (Å²) >= 11 is 0. The van der Waals surface area contributed by atoms with Gasteiger partial charge >= 0.3 is 0 Å². The number of nitrogens with zero attached hydrogens (tertiary/aromatic N) is 1. The molecule has 1 spiro atoms. The Hall–Kier alpha value is -2.18. The lowest BCUT2D eigenvalue weighted by atomic mass is 9.58. The van der Waals surface area contributed by atoms with Crippen LogP contribution in [0.5, 0.6) is 0 Å². The molecule has 6 heteroatoms. The number of benzene rings is 2. The first-order valence-electron chi connectivity index (χ1n) is 9.86. The van der Waals surface area contributed by atoms with Gasteiger partial charge in [0.2, 0.25) is 10.0 Å². The maximum Gasteiger partial charge on any atom is 0.243 e. The monoisotopic (exact) mass is 396 g/mol. The molecule has 28 heavy (non-hydrogen) atoms. The second kappa shape index (κ2) is 6.16. The van der Waals surface area contributed by atoms with Crippen LogP contribution in [-0.4, -0.2) is 37.6 Å². The molecular weight excluding hydrogens is 372 g/mol. The number of sulfonamides is 1. The summed E-state index contributed by atoms with van der Waals surface area (Å²) in [5.74, 6) is 0.226. The number of aryl methyl sites for hydroxylation is 1. The van der Waals surface area contributed by atoms with Gasteiger partial charge in [0.15, 0.2) is 0 Å². The summed E-state index contributed by atoms with van der Waals surface area (Å²) in [4.78, 5) is 12.8. The van der Waals surface area contributed by atoms with Crippen LogP contribution in [0.3, 0.4) is 0 Å². The van der Waals surface area contributed by atoms with Crippen molar-refractivity contribution in [3.63, 3.8) is 0 Å². The summed E-state index contributed by atoms with van der Waals surface area (Å²) in [6, 6.07) is 15.3. The number of anilines is 1. The quantitative estimate of drug-likeness (QED) is 0.847. The number of para-hydroxylation sites is 1. The topological polar surface area (TPSA) is 66.5 Å². The highest BCUT2D eigenvalue weighted by Crippen LogP contribution is 2.55. The molecule has 5 nitrogen and oxygen atoms in total. The summed E-state index contributed by atoms with van der Waals surface area (Å²) in [6.45, 7) is 2.82. The van der Waals surface area contributed by atoms with Gasteiger partial charge in [-0.2, -0.15) is 4.31 Å². The molecule has 1 aliphatic carbocycles. The molecule has 3 atom stereocenters. The largest absolute Gasteiger partial charge is 0.381 e. The predicted octanol–water partition coefficient (Wildman–Crippen LogP) is 3.10. The van der Waals surface area contributed by atoms with Gasteiger partial charge in [-0.25, -0.2) is 8.42 Å². The summed E-state index contributed by atoms with van der Waals surface area (Å²) in [6.07, 6.45) is 1.72. The molecule has 2 fully saturated rings. The Kier molecular flexibility index (Phi) is 3.93. The predicted molar refractivity (Wildman–Crippen MR) is 108 cm³/mol. The van der Waals surface area contributed by atoms with Crippen molar-refractivity contribution < 1.29 is 13.2 Å². The number of ketones is 1. The minimum absolute atomic E-state index is 0.00359. The van der Waals surface area contributed by atoms with Crippen LogP contribution >= 0.6 is 0 Å². The SMILES string of the molecule is Cc1ccc(S(=O)(=O)N2CCC34c5ccccc5NC3CC(=O)CC4C2)cc1. The van der Waals surface area contributed by atoms with Crippen molar-refractivity contribution in [2.45, 2.75) is 42.5 Å². The number of rotatable bonds is 2. The Morgan fingerprint density at radius 2 is 1.82 bits per heavy atom. The van der Waals surface area contributed by atoms with Crippen molar-refractivity contribution in [3.05, 3.63) is 59.7 Å². The Bertz CT molecular complexity index is 1050. The van der Waals surface area contributed by atoms with E-state index in [1.165, 1.54) is 5.56 Å². The maximum atomic E-state index is 13.2. The van der Waals surface area contributed by atoms with Gasteiger partial charge in [-0.3, -0.25) is 4.79 Å². The molecule has 3 aliphatic rings. The number of fused-ring (bicyclic) bond motifs is 1. The third-order valence-electron chi connectivity index (χ3n) is 6.87. The molecule has 0 amide bonds. The minimum atomic E-state index is -3.55. The summed E-state index contributed by atoms with van der Waals surface area (Å²) < 4.78 is 28.0. The zero-order valence-corrected chi connectivity index (χ0v) is 16.7. The van der Waals surface area contributed by atoms with Crippen LogP contribution in [-0.2, 0) is 20.2 Å².